The van der Waals surface area contributed by atoms with Crippen molar-refractivity contribution in [3.05, 3.63) is 53.7 Å². The first-order valence-electron chi connectivity index (χ1n) is 8.92. The maximum Gasteiger partial charge on any atom is 0.289 e. The summed E-state index contributed by atoms with van der Waals surface area (Å²) in [6, 6.07) is 12.3. The predicted molar refractivity (Wildman–Crippen MR) is 112 cm³/mol. The molecule has 0 aliphatic heterocycles. The molecule has 3 rings (SSSR count). The van der Waals surface area contributed by atoms with Gasteiger partial charge in [-0.2, -0.15) is 10.2 Å². The molecule has 0 radical (unpaired) electrons. The summed E-state index contributed by atoms with van der Waals surface area (Å²) >= 11 is 0. The van der Waals surface area contributed by atoms with E-state index in [1.807, 2.05) is 6.07 Å². The number of hydrogen-bond donors (Lipinski definition) is 2. The maximum atomic E-state index is 12.3. The van der Waals surface area contributed by atoms with E-state index < -0.39 is 5.91 Å². The Morgan fingerprint density at radius 2 is 1.53 bits per heavy atom. The van der Waals surface area contributed by atoms with Gasteiger partial charge in [0.25, 0.3) is 5.91 Å². The van der Waals surface area contributed by atoms with E-state index in [4.69, 9.17) is 18.9 Å². The predicted octanol–water partition coefficient (Wildman–Crippen LogP) is 2.88. The highest BCUT2D eigenvalue weighted by molar-refractivity contribution is 5.94. The molecule has 0 aliphatic rings. The smallest absolute Gasteiger partial charge is 0.289 e. The topological polar surface area (TPSA) is 107 Å². The second kappa shape index (κ2) is 9.46. The summed E-state index contributed by atoms with van der Waals surface area (Å²) in [6.45, 7) is 0. The first-order chi connectivity index (χ1) is 14.6. The molecular formula is C21H22N4O5. The Bertz CT molecular complexity index is 1060. The van der Waals surface area contributed by atoms with Crippen molar-refractivity contribution >= 4 is 12.1 Å². The average molecular weight is 410 g/mol. The van der Waals surface area contributed by atoms with Crippen LogP contribution in [-0.4, -0.2) is 50.8 Å². The standard InChI is InChI=1S/C21H22N4O5/c1-27-17-7-5-13(9-19(17)29-3)12-22-25-21(26)16-11-15(23-24-16)14-6-8-18(28-2)20(10-14)30-4/h5-12H,1-4H3,(H,23,24)(H,25,26)/b22-12-. The number of amides is 1. The minimum Gasteiger partial charge on any atom is -0.493 e. The first-order valence-corrected chi connectivity index (χ1v) is 8.92. The molecule has 0 spiro atoms. The summed E-state index contributed by atoms with van der Waals surface area (Å²) < 4.78 is 21.0. The number of hydrogen-bond acceptors (Lipinski definition) is 7. The molecule has 9 nitrogen and oxygen atoms in total. The molecule has 30 heavy (non-hydrogen) atoms. The third-order valence-electron chi connectivity index (χ3n) is 4.29. The van der Waals surface area contributed by atoms with Gasteiger partial charge in [0.05, 0.1) is 40.3 Å². The van der Waals surface area contributed by atoms with Crippen LogP contribution >= 0.6 is 0 Å². The SMILES string of the molecule is COc1ccc(/C=N\NC(=O)c2cc(-c3ccc(OC)c(OC)c3)n[nH]2)cc1OC. The molecule has 2 N–H and O–H groups in total. The van der Waals surface area contributed by atoms with Gasteiger partial charge >= 0.3 is 0 Å². The lowest BCUT2D eigenvalue weighted by Crippen LogP contribution is -2.18. The normalized spacial score (nSPS) is 10.7. The fourth-order valence-electron chi connectivity index (χ4n) is 2.74. The molecule has 0 aliphatic carbocycles. The van der Waals surface area contributed by atoms with E-state index in [2.05, 4.69) is 20.7 Å². The van der Waals surface area contributed by atoms with Crippen molar-refractivity contribution in [1.82, 2.24) is 15.6 Å². The number of H-pyrrole nitrogens is 1. The van der Waals surface area contributed by atoms with Crippen LogP contribution in [0.4, 0.5) is 0 Å². The summed E-state index contributed by atoms with van der Waals surface area (Å²) in [4.78, 5) is 12.3. The fraction of sp³-hybridized carbons (Fsp3) is 0.190. The lowest BCUT2D eigenvalue weighted by molar-refractivity contribution is 0.0950. The van der Waals surface area contributed by atoms with Gasteiger partial charge in [-0.1, -0.05) is 0 Å². The van der Waals surface area contributed by atoms with Gasteiger partial charge in [0.2, 0.25) is 0 Å². The lowest BCUT2D eigenvalue weighted by Gasteiger charge is -2.08. The quantitative estimate of drug-likeness (QED) is 0.437. The highest BCUT2D eigenvalue weighted by Gasteiger charge is 2.13. The van der Waals surface area contributed by atoms with E-state index >= 15 is 0 Å². The van der Waals surface area contributed by atoms with E-state index in [9.17, 15) is 4.79 Å². The number of ether oxygens (including phenoxy) is 4. The van der Waals surface area contributed by atoms with Crippen molar-refractivity contribution in [3.63, 3.8) is 0 Å². The van der Waals surface area contributed by atoms with Gasteiger partial charge in [0.15, 0.2) is 23.0 Å². The largest absolute Gasteiger partial charge is 0.493 e. The van der Waals surface area contributed by atoms with Crippen molar-refractivity contribution < 1.29 is 23.7 Å². The average Bonchev–Trinajstić information content (AvgIpc) is 3.28. The van der Waals surface area contributed by atoms with Crippen LogP contribution in [-0.2, 0) is 0 Å². The molecule has 0 saturated heterocycles. The third kappa shape index (κ3) is 4.52. The second-order valence-electron chi connectivity index (χ2n) is 6.05. The molecule has 1 amide bonds. The Morgan fingerprint density at radius 3 is 2.20 bits per heavy atom. The van der Waals surface area contributed by atoms with Gasteiger partial charge in [-0.25, -0.2) is 5.43 Å². The summed E-state index contributed by atoms with van der Waals surface area (Å²) in [5.41, 5.74) is 4.83. The number of carbonyl (C=O) groups is 1. The first kappa shape index (κ1) is 20.7. The van der Waals surface area contributed by atoms with E-state index in [0.29, 0.717) is 28.7 Å². The van der Waals surface area contributed by atoms with Crippen LogP contribution in [0, 0.1) is 0 Å². The number of nitrogens with one attached hydrogen (secondary N) is 2. The number of aromatic amines is 1. The van der Waals surface area contributed by atoms with Gasteiger partial charge in [-0.05, 0) is 48.0 Å². The summed E-state index contributed by atoms with van der Waals surface area (Å²) in [6.07, 6.45) is 1.51. The minimum absolute atomic E-state index is 0.268. The van der Waals surface area contributed by atoms with E-state index in [1.54, 1.807) is 64.8 Å². The zero-order valence-corrected chi connectivity index (χ0v) is 17.1. The highest BCUT2D eigenvalue weighted by Crippen LogP contribution is 2.31. The van der Waals surface area contributed by atoms with Crippen molar-refractivity contribution in [2.45, 2.75) is 0 Å². The molecule has 1 aromatic heterocycles. The minimum atomic E-state index is -0.425. The molecule has 1 heterocycles. The molecule has 3 aromatic rings. The Labute approximate surface area is 173 Å². The van der Waals surface area contributed by atoms with Crippen LogP contribution in [0.15, 0.2) is 47.6 Å². The number of benzene rings is 2. The molecule has 156 valence electrons. The summed E-state index contributed by atoms with van der Waals surface area (Å²) in [5, 5.41) is 10.9. The molecule has 0 atom stereocenters. The van der Waals surface area contributed by atoms with E-state index in [-0.39, 0.29) is 5.69 Å². The third-order valence-corrected chi connectivity index (χ3v) is 4.29. The van der Waals surface area contributed by atoms with Crippen LogP contribution in [0.3, 0.4) is 0 Å². The number of rotatable bonds is 8. The second-order valence-corrected chi connectivity index (χ2v) is 6.05. The molecule has 9 heteroatoms. The monoisotopic (exact) mass is 410 g/mol. The number of hydrazone groups is 1. The number of carbonyl (C=O) groups excluding carboxylic acids is 1. The van der Waals surface area contributed by atoms with Crippen molar-refractivity contribution in [2.75, 3.05) is 28.4 Å². The van der Waals surface area contributed by atoms with Crippen molar-refractivity contribution in [1.29, 1.82) is 0 Å². The zero-order chi connectivity index (χ0) is 21.5. The van der Waals surface area contributed by atoms with Crippen molar-refractivity contribution in [3.8, 4) is 34.3 Å². The Balaban J connectivity index is 1.69. The van der Waals surface area contributed by atoms with Gasteiger partial charge in [0, 0.05) is 5.56 Å². The molecule has 0 fully saturated rings. The number of aromatic nitrogens is 2. The maximum absolute atomic E-state index is 12.3. The lowest BCUT2D eigenvalue weighted by atomic mass is 10.1. The number of methoxy groups -OCH3 is 4. The van der Waals surface area contributed by atoms with E-state index in [1.165, 1.54) is 6.21 Å². The molecule has 0 bridgehead atoms. The fourth-order valence-corrected chi connectivity index (χ4v) is 2.74. The summed E-state index contributed by atoms with van der Waals surface area (Å²) in [7, 11) is 6.24. The Morgan fingerprint density at radius 1 is 0.900 bits per heavy atom. The molecule has 0 saturated carbocycles. The summed E-state index contributed by atoms with van der Waals surface area (Å²) in [5.74, 6) is 1.94. The van der Waals surface area contributed by atoms with Crippen LogP contribution in [0.1, 0.15) is 16.1 Å². The van der Waals surface area contributed by atoms with Crippen LogP contribution in [0.5, 0.6) is 23.0 Å². The Kier molecular flexibility index (Phi) is 6.53. The van der Waals surface area contributed by atoms with Gasteiger partial charge in [-0.3, -0.25) is 9.89 Å². The van der Waals surface area contributed by atoms with Gasteiger partial charge < -0.3 is 18.9 Å². The molecule has 0 unspecified atom stereocenters. The van der Waals surface area contributed by atoms with Crippen LogP contribution < -0.4 is 24.4 Å². The van der Waals surface area contributed by atoms with Crippen LogP contribution in [0.2, 0.25) is 0 Å². The molecular weight excluding hydrogens is 388 g/mol. The van der Waals surface area contributed by atoms with Gasteiger partial charge in [0.1, 0.15) is 5.69 Å². The van der Waals surface area contributed by atoms with E-state index in [0.717, 1.165) is 11.1 Å². The molecule has 2 aromatic carbocycles. The van der Waals surface area contributed by atoms with Crippen LogP contribution in [0.25, 0.3) is 11.3 Å². The Hall–Kier alpha value is -4.01. The van der Waals surface area contributed by atoms with Gasteiger partial charge in [-0.15, -0.1) is 0 Å². The highest BCUT2D eigenvalue weighted by atomic mass is 16.5. The number of nitrogens with zero attached hydrogens (tertiary/aromatic N) is 2. The zero-order valence-electron chi connectivity index (χ0n) is 17.1. The van der Waals surface area contributed by atoms with Crippen molar-refractivity contribution in [2.24, 2.45) is 5.10 Å².